The fourth-order valence-corrected chi connectivity index (χ4v) is 1.86. The molecule has 21 heavy (non-hydrogen) atoms. The van der Waals surface area contributed by atoms with Crippen LogP contribution in [0.2, 0.25) is 0 Å². The molecule has 2 aromatic carbocycles. The summed E-state index contributed by atoms with van der Waals surface area (Å²) in [6.45, 7) is -0.307. The Hall–Kier alpha value is -2.15. The Bertz CT molecular complexity index is 663. The van der Waals surface area contributed by atoms with Crippen molar-refractivity contribution in [2.75, 3.05) is 17.7 Å². The van der Waals surface area contributed by atoms with Crippen LogP contribution in [0.15, 0.2) is 40.9 Å². The lowest BCUT2D eigenvalue weighted by Gasteiger charge is -2.09. The van der Waals surface area contributed by atoms with Gasteiger partial charge in [0.05, 0.1) is 10.2 Å². The van der Waals surface area contributed by atoms with Crippen LogP contribution in [0.3, 0.4) is 0 Å². The lowest BCUT2D eigenvalue weighted by atomic mass is 10.3. The van der Waals surface area contributed by atoms with Crippen LogP contribution < -0.4 is 15.8 Å². The number of nitrogens with two attached hydrogens (primary N) is 1. The Morgan fingerprint density at radius 3 is 2.52 bits per heavy atom. The number of nitrogen functional groups attached to an aromatic ring is 1. The Kier molecular flexibility index (Phi) is 4.74. The Morgan fingerprint density at radius 1 is 1.19 bits per heavy atom. The summed E-state index contributed by atoms with van der Waals surface area (Å²) in [6, 6.07) is 8.30. The molecule has 0 spiro atoms. The van der Waals surface area contributed by atoms with Gasteiger partial charge in [0.25, 0.3) is 5.91 Å². The second-order valence-corrected chi connectivity index (χ2v) is 5.01. The molecule has 2 aromatic rings. The van der Waals surface area contributed by atoms with Crippen LogP contribution in [0.25, 0.3) is 0 Å². The maximum absolute atomic E-state index is 13.5. The number of hydrogen-bond donors (Lipinski definition) is 2. The van der Waals surface area contributed by atoms with E-state index in [2.05, 4.69) is 21.2 Å². The Morgan fingerprint density at radius 2 is 1.86 bits per heavy atom. The predicted molar refractivity (Wildman–Crippen MR) is 79.0 cm³/mol. The molecule has 0 aromatic heterocycles. The van der Waals surface area contributed by atoms with Crippen molar-refractivity contribution >= 4 is 33.2 Å². The molecular formula is C14H11BrF2N2O2. The lowest BCUT2D eigenvalue weighted by molar-refractivity contribution is -0.118. The zero-order valence-electron chi connectivity index (χ0n) is 10.7. The van der Waals surface area contributed by atoms with Crippen LogP contribution >= 0.6 is 15.9 Å². The predicted octanol–water partition coefficient (Wildman–Crippen LogP) is 3.33. The van der Waals surface area contributed by atoms with E-state index in [0.717, 1.165) is 6.07 Å². The summed E-state index contributed by atoms with van der Waals surface area (Å²) >= 11 is 2.92. The standard InChI is InChI=1S/C14H11BrF2N2O2/c15-10-5-13(12(17)6-11(10)16)19-14(20)7-21-9-3-1-8(18)2-4-9/h1-6H,7,18H2,(H,19,20). The van der Waals surface area contributed by atoms with Gasteiger partial charge in [-0.25, -0.2) is 8.78 Å². The molecule has 0 atom stereocenters. The number of ether oxygens (including phenoxy) is 1. The van der Waals surface area contributed by atoms with Crippen LogP contribution in [0.1, 0.15) is 0 Å². The molecule has 0 bridgehead atoms. The number of carbonyl (C=O) groups is 1. The van der Waals surface area contributed by atoms with Gasteiger partial charge < -0.3 is 15.8 Å². The molecule has 0 saturated heterocycles. The van der Waals surface area contributed by atoms with Gasteiger partial charge in [-0.2, -0.15) is 0 Å². The third kappa shape index (κ3) is 4.16. The van der Waals surface area contributed by atoms with E-state index in [1.165, 1.54) is 0 Å². The maximum atomic E-state index is 13.5. The summed E-state index contributed by atoms with van der Waals surface area (Å²) in [5, 5.41) is 2.30. The van der Waals surface area contributed by atoms with Crippen molar-refractivity contribution < 1.29 is 18.3 Å². The second kappa shape index (κ2) is 6.53. The first-order valence-electron chi connectivity index (χ1n) is 5.88. The minimum atomic E-state index is -0.864. The zero-order valence-corrected chi connectivity index (χ0v) is 12.3. The highest BCUT2D eigenvalue weighted by atomic mass is 79.9. The number of hydrogen-bond acceptors (Lipinski definition) is 3. The van der Waals surface area contributed by atoms with E-state index in [-0.39, 0.29) is 16.8 Å². The number of nitrogens with one attached hydrogen (secondary N) is 1. The van der Waals surface area contributed by atoms with Crippen molar-refractivity contribution in [3.8, 4) is 5.75 Å². The van der Waals surface area contributed by atoms with Crippen molar-refractivity contribution in [3.05, 3.63) is 52.5 Å². The third-order valence-electron chi connectivity index (χ3n) is 2.53. The number of amides is 1. The molecule has 110 valence electrons. The quantitative estimate of drug-likeness (QED) is 0.652. The third-order valence-corrected chi connectivity index (χ3v) is 3.14. The van der Waals surface area contributed by atoms with Gasteiger partial charge in [-0.1, -0.05) is 0 Å². The first kappa shape index (κ1) is 15.2. The molecule has 0 aliphatic carbocycles. The minimum Gasteiger partial charge on any atom is -0.484 e. The topological polar surface area (TPSA) is 64.3 Å². The van der Waals surface area contributed by atoms with E-state index in [4.69, 9.17) is 10.5 Å². The number of carbonyl (C=O) groups excluding carboxylic acids is 1. The van der Waals surface area contributed by atoms with Crippen molar-refractivity contribution in [3.63, 3.8) is 0 Å². The lowest BCUT2D eigenvalue weighted by Crippen LogP contribution is -2.20. The van der Waals surface area contributed by atoms with Gasteiger partial charge in [-0.3, -0.25) is 4.79 Å². The maximum Gasteiger partial charge on any atom is 0.262 e. The highest BCUT2D eigenvalue weighted by Gasteiger charge is 2.11. The second-order valence-electron chi connectivity index (χ2n) is 4.15. The fourth-order valence-electron chi connectivity index (χ4n) is 1.52. The highest BCUT2D eigenvalue weighted by Crippen LogP contribution is 2.23. The molecule has 1 amide bonds. The van der Waals surface area contributed by atoms with Gasteiger partial charge >= 0.3 is 0 Å². The molecule has 2 rings (SSSR count). The summed E-state index contributed by atoms with van der Waals surface area (Å²) in [5.41, 5.74) is 5.96. The molecule has 7 heteroatoms. The zero-order chi connectivity index (χ0) is 15.4. The summed E-state index contributed by atoms with van der Waals surface area (Å²) in [7, 11) is 0. The van der Waals surface area contributed by atoms with E-state index in [0.29, 0.717) is 17.5 Å². The molecule has 3 N–H and O–H groups in total. The highest BCUT2D eigenvalue weighted by molar-refractivity contribution is 9.10. The van der Waals surface area contributed by atoms with Crippen molar-refractivity contribution in [1.29, 1.82) is 0 Å². The average Bonchev–Trinajstić information content (AvgIpc) is 2.44. The van der Waals surface area contributed by atoms with Gasteiger partial charge in [-0.15, -0.1) is 0 Å². The summed E-state index contributed by atoms with van der Waals surface area (Å²) in [6.07, 6.45) is 0. The Balaban J connectivity index is 1.96. The van der Waals surface area contributed by atoms with E-state index in [1.807, 2.05) is 0 Å². The molecule has 0 saturated carbocycles. The summed E-state index contributed by atoms with van der Waals surface area (Å²) in [4.78, 5) is 11.7. The van der Waals surface area contributed by atoms with E-state index < -0.39 is 17.5 Å². The molecule has 0 radical (unpaired) electrons. The van der Waals surface area contributed by atoms with Gasteiger partial charge in [-0.05, 0) is 46.3 Å². The first-order valence-corrected chi connectivity index (χ1v) is 6.68. The number of benzene rings is 2. The summed E-state index contributed by atoms with van der Waals surface area (Å²) in [5.74, 6) is -1.72. The van der Waals surface area contributed by atoms with Crippen molar-refractivity contribution in [2.24, 2.45) is 0 Å². The van der Waals surface area contributed by atoms with Gasteiger partial charge in [0, 0.05) is 11.8 Å². The fraction of sp³-hybridized carbons (Fsp3) is 0.0714. The van der Waals surface area contributed by atoms with Crippen LogP contribution in [-0.4, -0.2) is 12.5 Å². The number of halogens is 3. The number of rotatable bonds is 4. The molecule has 0 aliphatic heterocycles. The van der Waals surface area contributed by atoms with Crippen LogP contribution in [0.4, 0.5) is 20.2 Å². The summed E-state index contributed by atoms with van der Waals surface area (Å²) < 4.78 is 31.8. The average molecular weight is 357 g/mol. The van der Waals surface area contributed by atoms with E-state index in [9.17, 15) is 13.6 Å². The van der Waals surface area contributed by atoms with Crippen molar-refractivity contribution in [2.45, 2.75) is 0 Å². The van der Waals surface area contributed by atoms with Crippen LogP contribution in [0, 0.1) is 11.6 Å². The number of anilines is 2. The van der Waals surface area contributed by atoms with Gasteiger partial charge in [0.15, 0.2) is 6.61 Å². The SMILES string of the molecule is Nc1ccc(OCC(=O)Nc2cc(Br)c(F)cc2F)cc1. The van der Waals surface area contributed by atoms with E-state index >= 15 is 0 Å². The van der Waals surface area contributed by atoms with Crippen LogP contribution in [0.5, 0.6) is 5.75 Å². The normalized spacial score (nSPS) is 10.2. The largest absolute Gasteiger partial charge is 0.484 e. The van der Waals surface area contributed by atoms with Gasteiger partial charge in [0.2, 0.25) is 0 Å². The minimum absolute atomic E-state index is 0.0543. The van der Waals surface area contributed by atoms with Gasteiger partial charge in [0.1, 0.15) is 17.4 Å². The molecular weight excluding hydrogens is 346 g/mol. The van der Waals surface area contributed by atoms with Crippen LogP contribution in [-0.2, 0) is 4.79 Å². The smallest absolute Gasteiger partial charge is 0.262 e. The molecule has 0 fully saturated rings. The molecule has 0 aliphatic rings. The Labute approximate surface area is 128 Å². The van der Waals surface area contributed by atoms with Crippen molar-refractivity contribution in [1.82, 2.24) is 0 Å². The first-order chi connectivity index (χ1) is 9.95. The molecule has 0 unspecified atom stereocenters. The monoisotopic (exact) mass is 356 g/mol. The van der Waals surface area contributed by atoms with E-state index in [1.54, 1.807) is 24.3 Å². The molecule has 4 nitrogen and oxygen atoms in total. The molecule has 0 heterocycles.